The van der Waals surface area contributed by atoms with Gasteiger partial charge >= 0.3 is 0 Å². The lowest BCUT2D eigenvalue weighted by atomic mass is 10.3. The molecule has 3 rings (SSSR count). The molecule has 2 N–H and O–H groups in total. The van der Waals surface area contributed by atoms with E-state index < -0.39 is 11.6 Å². The van der Waals surface area contributed by atoms with Crippen molar-refractivity contribution in [2.75, 3.05) is 5.75 Å². The number of rotatable bonds is 5. The lowest BCUT2D eigenvalue weighted by molar-refractivity contribution is -0.119. The lowest BCUT2D eigenvalue weighted by Crippen LogP contribution is -2.28. The second kappa shape index (κ2) is 7.00. The fraction of sp³-hybridized carbons (Fsp3) is 0.176. The van der Waals surface area contributed by atoms with E-state index >= 15 is 0 Å². The standard InChI is InChI=1S/C17H15F2N3OS/c1-10(17-21-13-4-2-3-5-14(13)22-17)20-16(23)9-24-15-7-6-11(18)8-12(15)19/h2-8,10H,9H2,1H3,(H,20,23)(H,21,22)/t10-/m0/s1. The van der Waals surface area contributed by atoms with Crippen molar-refractivity contribution in [2.24, 2.45) is 0 Å². The lowest BCUT2D eigenvalue weighted by Gasteiger charge is -2.11. The van der Waals surface area contributed by atoms with Gasteiger partial charge in [-0.2, -0.15) is 0 Å². The number of aromatic amines is 1. The highest BCUT2D eigenvalue weighted by Gasteiger charge is 2.14. The SMILES string of the molecule is C[C@H](NC(=O)CSc1ccc(F)cc1F)c1nc2ccccc2[nH]1. The molecular weight excluding hydrogens is 332 g/mol. The molecular formula is C17H15F2N3OS. The molecule has 0 aliphatic heterocycles. The van der Waals surface area contributed by atoms with Gasteiger partial charge in [0.05, 0.1) is 22.8 Å². The maximum absolute atomic E-state index is 13.5. The van der Waals surface area contributed by atoms with Gasteiger partial charge in [0.15, 0.2) is 0 Å². The van der Waals surface area contributed by atoms with Crippen molar-refractivity contribution in [3.63, 3.8) is 0 Å². The molecule has 0 aliphatic rings. The predicted octanol–water partition coefficient (Wildman–Crippen LogP) is 3.81. The molecule has 0 saturated carbocycles. The summed E-state index contributed by atoms with van der Waals surface area (Å²) in [7, 11) is 0. The molecule has 1 heterocycles. The molecule has 124 valence electrons. The number of hydrogen-bond acceptors (Lipinski definition) is 3. The second-order valence-corrected chi connectivity index (χ2v) is 6.31. The monoisotopic (exact) mass is 347 g/mol. The summed E-state index contributed by atoms with van der Waals surface area (Å²) in [6.45, 7) is 1.82. The van der Waals surface area contributed by atoms with Crippen LogP contribution in [-0.2, 0) is 4.79 Å². The Kier molecular flexibility index (Phi) is 4.80. The summed E-state index contributed by atoms with van der Waals surface area (Å²) in [5, 5.41) is 2.81. The van der Waals surface area contributed by atoms with Gasteiger partial charge in [0.2, 0.25) is 5.91 Å². The fourth-order valence-electron chi connectivity index (χ4n) is 2.26. The van der Waals surface area contributed by atoms with Gasteiger partial charge in [-0.15, -0.1) is 11.8 Å². The Morgan fingerprint density at radius 3 is 2.83 bits per heavy atom. The van der Waals surface area contributed by atoms with E-state index in [9.17, 15) is 13.6 Å². The van der Waals surface area contributed by atoms with Crippen molar-refractivity contribution < 1.29 is 13.6 Å². The normalized spacial score (nSPS) is 12.3. The Bertz CT molecular complexity index is 848. The zero-order valence-corrected chi connectivity index (χ0v) is 13.7. The van der Waals surface area contributed by atoms with Gasteiger partial charge in [-0.25, -0.2) is 13.8 Å². The zero-order chi connectivity index (χ0) is 17.1. The molecule has 2 aromatic carbocycles. The van der Waals surface area contributed by atoms with Gasteiger partial charge < -0.3 is 10.3 Å². The van der Waals surface area contributed by atoms with Crippen LogP contribution >= 0.6 is 11.8 Å². The third-order valence-electron chi connectivity index (χ3n) is 3.45. The highest BCUT2D eigenvalue weighted by atomic mass is 32.2. The molecule has 1 atom stereocenters. The first-order chi connectivity index (χ1) is 11.5. The molecule has 1 amide bonds. The minimum Gasteiger partial charge on any atom is -0.346 e. The number of carbonyl (C=O) groups is 1. The van der Waals surface area contributed by atoms with Gasteiger partial charge in [0.1, 0.15) is 17.5 Å². The zero-order valence-electron chi connectivity index (χ0n) is 12.8. The maximum atomic E-state index is 13.5. The molecule has 4 nitrogen and oxygen atoms in total. The molecule has 1 aromatic heterocycles. The largest absolute Gasteiger partial charge is 0.346 e. The van der Waals surface area contributed by atoms with Crippen LogP contribution in [0.4, 0.5) is 8.78 Å². The van der Waals surface area contributed by atoms with Gasteiger partial charge in [0, 0.05) is 11.0 Å². The van der Waals surface area contributed by atoms with Gasteiger partial charge in [-0.05, 0) is 31.2 Å². The predicted molar refractivity (Wildman–Crippen MR) is 89.7 cm³/mol. The number of aromatic nitrogens is 2. The molecule has 0 fully saturated rings. The third-order valence-corrected chi connectivity index (χ3v) is 4.50. The van der Waals surface area contributed by atoms with Crippen LogP contribution in [0.2, 0.25) is 0 Å². The summed E-state index contributed by atoms with van der Waals surface area (Å²) in [4.78, 5) is 19.8. The van der Waals surface area contributed by atoms with Gasteiger partial charge in [-0.3, -0.25) is 4.79 Å². The average molecular weight is 347 g/mol. The van der Waals surface area contributed by atoms with Crippen molar-refractivity contribution in [1.82, 2.24) is 15.3 Å². The first-order valence-electron chi connectivity index (χ1n) is 7.35. The highest BCUT2D eigenvalue weighted by Crippen LogP contribution is 2.22. The third kappa shape index (κ3) is 3.73. The number of fused-ring (bicyclic) bond motifs is 1. The number of H-pyrrole nitrogens is 1. The van der Waals surface area contributed by atoms with Gasteiger partial charge in [0.25, 0.3) is 0 Å². The van der Waals surface area contributed by atoms with Crippen molar-refractivity contribution in [2.45, 2.75) is 17.9 Å². The topological polar surface area (TPSA) is 57.8 Å². The number of thioether (sulfide) groups is 1. The van der Waals surface area contributed by atoms with E-state index in [1.807, 2.05) is 31.2 Å². The number of imidazole rings is 1. The summed E-state index contributed by atoms with van der Waals surface area (Å²) in [6, 6.07) is 10.6. The Labute approximate surface area is 141 Å². The first-order valence-corrected chi connectivity index (χ1v) is 8.33. The molecule has 0 radical (unpaired) electrons. The Balaban J connectivity index is 1.59. The van der Waals surface area contributed by atoms with Crippen LogP contribution in [0.15, 0.2) is 47.4 Å². The Morgan fingerprint density at radius 2 is 2.08 bits per heavy atom. The summed E-state index contributed by atoms with van der Waals surface area (Å²) in [5.74, 6) is -0.871. The van der Waals surface area contributed by atoms with E-state index in [0.29, 0.717) is 5.82 Å². The number of hydrogen-bond donors (Lipinski definition) is 2. The second-order valence-electron chi connectivity index (χ2n) is 5.29. The van der Waals surface area contributed by atoms with E-state index in [1.165, 1.54) is 12.1 Å². The number of nitrogens with zero attached hydrogens (tertiary/aromatic N) is 1. The van der Waals surface area contributed by atoms with Crippen molar-refractivity contribution in [1.29, 1.82) is 0 Å². The smallest absolute Gasteiger partial charge is 0.230 e. The summed E-state index contributed by atoms with van der Waals surface area (Å²) >= 11 is 1.02. The van der Waals surface area contributed by atoms with E-state index in [4.69, 9.17) is 0 Å². The average Bonchev–Trinajstić information content (AvgIpc) is 2.98. The molecule has 0 saturated heterocycles. The number of halogens is 2. The molecule has 7 heteroatoms. The van der Waals surface area contributed by atoms with Crippen LogP contribution in [-0.4, -0.2) is 21.6 Å². The van der Waals surface area contributed by atoms with Crippen LogP contribution in [0, 0.1) is 11.6 Å². The highest BCUT2D eigenvalue weighted by molar-refractivity contribution is 8.00. The first kappa shape index (κ1) is 16.4. The molecule has 0 spiro atoms. The van der Waals surface area contributed by atoms with E-state index in [1.54, 1.807) is 0 Å². The molecule has 3 aromatic rings. The summed E-state index contributed by atoms with van der Waals surface area (Å²) < 4.78 is 26.4. The van der Waals surface area contributed by atoms with Gasteiger partial charge in [-0.1, -0.05) is 12.1 Å². The van der Waals surface area contributed by atoms with E-state index in [2.05, 4.69) is 15.3 Å². The number of carbonyl (C=O) groups excluding carboxylic acids is 1. The quantitative estimate of drug-likeness (QED) is 0.690. The summed E-state index contributed by atoms with van der Waals surface area (Å²) in [5.41, 5.74) is 1.73. The van der Waals surface area contributed by atoms with E-state index in [-0.39, 0.29) is 22.6 Å². The van der Waals surface area contributed by atoms with Crippen LogP contribution in [0.3, 0.4) is 0 Å². The summed E-state index contributed by atoms with van der Waals surface area (Å²) in [6.07, 6.45) is 0. The molecule has 24 heavy (non-hydrogen) atoms. The Morgan fingerprint density at radius 1 is 1.29 bits per heavy atom. The number of benzene rings is 2. The van der Waals surface area contributed by atoms with Crippen LogP contribution in [0.1, 0.15) is 18.8 Å². The minimum atomic E-state index is -0.668. The molecule has 0 unspecified atom stereocenters. The van der Waals surface area contributed by atoms with E-state index in [0.717, 1.165) is 28.9 Å². The molecule has 0 bridgehead atoms. The minimum absolute atomic E-state index is 0.0348. The number of amides is 1. The fourth-order valence-corrected chi connectivity index (χ4v) is 3.00. The van der Waals surface area contributed by atoms with Crippen molar-refractivity contribution in [3.8, 4) is 0 Å². The van der Waals surface area contributed by atoms with Crippen LogP contribution in [0.25, 0.3) is 11.0 Å². The number of nitrogens with one attached hydrogen (secondary N) is 2. The number of para-hydroxylation sites is 2. The maximum Gasteiger partial charge on any atom is 0.230 e. The van der Waals surface area contributed by atoms with Crippen molar-refractivity contribution >= 4 is 28.7 Å². The molecule has 0 aliphatic carbocycles. The van der Waals surface area contributed by atoms with Crippen LogP contribution < -0.4 is 5.32 Å². The van der Waals surface area contributed by atoms with Crippen LogP contribution in [0.5, 0.6) is 0 Å². The Hall–Kier alpha value is -2.41. The van der Waals surface area contributed by atoms with Crippen molar-refractivity contribution in [3.05, 3.63) is 59.9 Å².